The van der Waals surface area contributed by atoms with Crippen molar-refractivity contribution < 1.29 is 17.9 Å². The molecule has 5 heteroatoms. The number of hydrogen-bond donors (Lipinski definition) is 1. The van der Waals surface area contributed by atoms with Gasteiger partial charge in [0, 0.05) is 18.2 Å². The number of nitrogens with one attached hydrogen (secondary N) is 1. The van der Waals surface area contributed by atoms with Crippen LogP contribution in [0.25, 0.3) is 0 Å². The van der Waals surface area contributed by atoms with Gasteiger partial charge in [0.15, 0.2) is 0 Å². The van der Waals surface area contributed by atoms with Gasteiger partial charge in [-0.2, -0.15) is 0 Å². The van der Waals surface area contributed by atoms with Gasteiger partial charge < -0.3 is 10.1 Å². The van der Waals surface area contributed by atoms with Gasteiger partial charge in [-0.05, 0) is 16.9 Å². The topological polar surface area (TPSA) is 21.3 Å². The van der Waals surface area contributed by atoms with Crippen molar-refractivity contribution in [2.75, 3.05) is 0 Å². The average molecular weight is 287 g/mol. The summed E-state index contributed by atoms with van der Waals surface area (Å²) in [6, 6.07) is 6.53. The summed E-state index contributed by atoms with van der Waals surface area (Å²) in [6.45, 7) is 8.99. The highest BCUT2D eigenvalue weighted by atomic mass is 19.4. The molecule has 1 fully saturated rings. The summed E-state index contributed by atoms with van der Waals surface area (Å²) in [7, 11) is 0. The zero-order valence-corrected chi connectivity index (χ0v) is 12.1. The van der Waals surface area contributed by atoms with E-state index in [1.165, 1.54) is 12.1 Å². The molecular formula is C15H20F3NO. The van der Waals surface area contributed by atoms with Gasteiger partial charge in [0.05, 0.1) is 0 Å². The zero-order chi connectivity index (χ0) is 15.2. The second kappa shape index (κ2) is 4.65. The minimum Gasteiger partial charge on any atom is -0.405 e. The molecular weight excluding hydrogens is 267 g/mol. The SMILES string of the molecule is CC1(C)C(NCc2ccccc2OC(F)(F)F)C1(C)C. The molecule has 1 aromatic carbocycles. The third kappa shape index (κ3) is 2.77. The first-order valence-corrected chi connectivity index (χ1v) is 6.63. The van der Waals surface area contributed by atoms with Crippen LogP contribution in [0.4, 0.5) is 13.2 Å². The van der Waals surface area contributed by atoms with Crippen LogP contribution in [0.15, 0.2) is 24.3 Å². The summed E-state index contributed by atoms with van der Waals surface area (Å²) in [5, 5.41) is 3.33. The molecule has 1 aromatic rings. The maximum absolute atomic E-state index is 12.3. The Morgan fingerprint density at radius 2 is 1.65 bits per heavy atom. The van der Waals surface area contributed by atoms with E-state index in [4.69, 9.17) is 0 Å². The zero-order valence-electron chi connectivity index (χ0n) is 12.1. The highest BCUT2D eigenvalue weighted by Gasteiger charge is 2.64. The number of benzene rings is 1. The Bertz CT molecular complexity index is 480. The first-order chi connectivity index (χ1) is 9.06. The van der Waals surface area contributed by atoms with Crippen molar-refractivity contribution in [2.45, 2.75) is 46.6 Å². The van der Waals surface area contributed by atoms with Gasteiger partial charge in [0.25, 0.3) is 0 Å². The number of halogens is 3. The van der Waals surface area contributed by atoms with E-state index in [9.17, 15) is 13.2 Å². The monoisotopic (exact) mass is 287 g/mol. The van der Waals surface area contributed by atoms with Crippen LogP contribution in [-0.4, -0.2) is 12.4 Å². The Labute approximate surface area is 117 Å². The molecule has 0 radical (unpaired) electrons. The fraction of sp³-hybridized carbons (Fsp3) is 0.600. The van der Waals surface area contributed by atoms with Crippen molar-refractivity contribution in [3.8, 4) is 5.75 Å². The quantitative estimate of drug-likeness (QED) is 0.900. The second-order valence-corrected chi connectivity index (χ2v) is 6.41. The summed E-state index contributed by atoms with van der Waals surface area (Å²) in [5.41, 5.74) is 0.808. The fourth-order valence-electron chi connectivity index (χ4n) is 2.79. The van der Waals surface area contributed by atoms with Crippen LogP contribution >= 0.6 is 0 Å². The van der Waals surface area contributed by atoms with Gasteiger partial charge in [0.2, 0.25) is 0 Å². The van der Waals surface area contributed by atoms with E-state index in [0.717, 1.165) is 0 Å². The van der Waals surface area contributed by atoms with Crippen LogP contribution < -0.4 is 10.1 Å². The van der Waals surface area contributed by atoms with Crippen molar-refractivity contribution in [1.29, 1.82) is 0 Å². The summed E-state index contributed by atoms with van der Waals surface area (Å²) < 4.78 is 41.1. The Morgan fingerprint density at radius 3 is 2.15 bits per heavy atom. The molecule has 0 unspecified atom stereocenters. The predicted octanol–water partition coefficient (Wildman–Crippen LogP) is 4.11. The summed E-state index contributed by atoms with van der Waals surface area (Å²) in [5.74, 6) is -0.135. The maximum atomic E-state index is 12.3. The molecule has 2 nitrogen and oxygen atoms in total. The Hall–Kier alpha value is -1.23. The van der Waals surface area contributed by atoms with Gasteiger partial charge in [-0.1, -0.05) is 45.9 Å². The minimum atomic E-state index is -4.66. The Kier molecular flexibility index (Phi) is 3.53. The van der Waals surface area contributed by atoms with Crippen molar-refractivity contribution in [3.05, 3.63) is 29.8 Å². The van der Waals surface area contributed by atoms with Crippen molar-refractivity contribution in [2.24, 2.45) is 10.8 Å². The summed E-state index contributed by atoms with van der Waals surface area (Å²) in [6.07, 6.45) is -4.66. The molecule has 1 aliphatic carbocycles. The lowest BCUT2D eigenvalue weighted by Crippen LogP contribution is -2.23. The van der Waals surface area contributed by atoms with Crippen molar-refractivity contribution in [1.82, 2.24) is 5.32 Å². The van der Waals surface area contributed by atoms with Crippen molar-refractivity contribution >= 4 is 0 Å². The molecule has 0 bridgehead atoms. The molecule has 1 N–H and O–H groups in total. The lowest BCUT2D eigenvalue weighted by molar-refractivity contribution is -0.274. The number of alkyl halides is 3. The van der Waals surface area contributed by atoms with Gasteiger partial charge in [-0.25, -0.2) is 0 Å². The van der Waals surface area contributed by atoms with Crippen molar-refractivity contribution in [3.63, 3.8) is 0 Å². The first kappa shape index (κ1) is 15.2. The third-order valence-corrected chi connectivity index (χ3v) is 4.72. The summed E-state index contributed by atoms with van der Waals surface area (Å²) >= 11 is 0. The molecule has 0 aliphatic heterocycles. The highest BCUT2D eigenvalue weighted by Crippen LogP contribution is 2.62. The molecule has 1 saturated carbocycles. The molecule has 112 valence electrons. The van der Waals surface area contributed by atoms with Crippen LogP contribution in [-0.2, 0) is 6.54 Å². The van der Waals surface area contributed by atoms with Crippen LogP contribution in [0.1, 0.15) is 33.3 Å². The average Bonchev–Trinajstić information content (AvgIpc) is 2.67. The second-order valence-electron chi connectivity index (χ2n) is 6.41. The van der Waals surface area contributed by atoms with E-state index >= 15 is 0 Å². The van der Waals surface area contributed by atoms with Gasteiger partial charge in [-0.3, -0.25) is 0 Å². The number of hydrogen-bond acceptors (Lipinski definition) is 2. The van der Waals surface area contributed by atoms with Crippen LogP contribution in [0.2, 0.25) is 0 Å². The van der Waals surface area contributed by atoms with E-state index < -0.39 is 6.36 Å². The molecule has 0 saturated heterocycles. The predicted molar refractivity (Wildman–Crippen MR) is 71.3 cm³/mol. The normalized spacial score (nSPS) is 20.8. The number of rotatable bonds is 4. The lowest BCUT2D eigenvalue weighted by atomic mass is 10.0. The molecule has 0 amide bonds. The summed E-state index contributed by atoms with van der Waals surface area (Å²) in [4.78, 5) is 0. The number of para-hydroxylation sites is 1. The number of ether oxygens (including phenoxy) is 1. The highest BCUT2D eigenvalue weighted by molar-refractivity contribution is 5.34. The molecule has 1 aliphatic rings. The third-order valence-electron chi connectivity index (χ3n) is 4.72. The van der Waals surface area contributed by atoms with Gasteiger partial charge in [0.1, 0.15) is 5.75 Å². The Morgan fingerprint density at radius 1 is 1.10 bits per heavy atom. The molecule has 0 atom stereocenters. The van der Waals surface area contributed by atoms with Gasteiger partial charge in [-0.15, -0.1) is 13.2 Å². The van der Waals surface area contributed by atoms with E-state index in [-0.39, 0.29) is 22.6 Å². The van der Waals surface area contributed by atoms with E-state index in [1.54, 1.807) is 12.1 Å². The lowest BCUT2D eigenvalue weighted by Gasteiger charge is -2.14. The van der Waals surface area contributed by atoms with E-state index in [1.807, 2.05) is 0 Å². The standard InChI is InChI=1S/C15H20F3NO/c1-13(2)12(14(13,3)4)19-9-10-7-5-6-8-11(10)20-15(16,17)18/h5-8,12,19H,9H2,1-4H3. The van der Waals surface area contributed by atoms with Gasteiger partial charge >= 0.3 is 6.36 Å². The van der Waals surface area contributed by atoms with E-state index in [2.05, 4.69) is 37.7 Å². The smallest absolute Gasteiger partial charge is 0.405 e. The molecule has 0 aromatic heterocycles. The molecule has 20 heavy (non-hydrogen) atoms. The van der Waals surface area contributed by atoms with Crippen LogP contribution in [0, 0.1) is 10.8 Å². The first-order valence-electron chi connectivity index (χ1n) is 6.63. The van der Waals surface area contributed by atoms with E-state index in [0.29, 0.717) is 12.1 Å². The minimum absolute atomic E-state index is 0.135. The molecule has 0 spiro atoms. The van der Waals surface area contributed by atoms with Crippen LogP contribution in [0.5, 0.6) is 5.75 Å². The fourth-order valence-corrected chi connectivity index (χ4v) is 2.79. The maximum Gasteiger partial charge on any atom is 0.573 e. The Balaban J connectivity index is 2.04. The van der Waals surface area contributed by atoms with Crippen LogP contribution in [0.3, 0.4) is 0 Å². The molecule has 2 rings (SSSR count). The molecule has 0 heterocycles. The largest absolute Gasteiger partial charge is 0.573 e.